The second-order valence-corrected chi connectivity index (χ2v) is 6.64. The second-order valence-electron chi connectivity index (χ2n) is 5.61. The monoisotopic (exact) mass is 329 g/mol. The first kappa shape index (κ1) is 14.3. The van der Waals surface area contributed by atoms with E-state index in [1.165, 1.54) is 11.3 Å². The van der Waals surface area contributed by atoms with Crippen molar-refractivity contribution in [2.24, 2.45) is 0 Å². The number of amides is 1. The number of aryl methyl sites for hydroxylation is 1. The number of hydrogen-bond acceptors (Lipinski definition) is 7. The van der Waals surface area contributed by atoms with E-state index < -0.39 is 0 Å². The molecule has 118 valence electrons. The first-order chi connectivity index (χ1) is 11.2. The van der Waals surface area contributed by atoms with Gasteiger partial charge in [0.1, 0.15) is 0 Å². The summed E-state index contributed by atoms with van der Waals surface area (Å²) in [7, 11) is 0. The summed E-state index contributed by atoms with van der Waals surface area (Å²) in [4.78, 5) is 22.8. The van der Waals surface area contributed by atoms with Crippen molar-refractivity contribution in [1.82, 2.24) is 20.0 Å². The van der Waals surface area contributed by atoms with E-state index in [0.29, 0.717) is 23.4 Å². The lowest BCUT2D eigenvalue weighted by atomic mass is 10.0. The molecule has 7 nitrogen and oxygen atoms in total. The fraction of sp³-hybridized carbons (Fsp3) is 0.333. The van der Waals surface area contributed by atoms with Gasteiger partial charge in [-0.15, -0.1) is 0 Å². The smallest absolute Gasteiger partial charge is 0.240 e. The Balaban J connectivity index is 1.31. The van der Waals surface area contributed by atoms with Crippen LogP contribution in [0, 0.1) is 6.92 Å². The Hall–Kier alpha value is -2.32. The van der Waals surface area contributed by atoms with Gasteiger partial charge in [0, 0.05) is 13.1 Å². The van der Waals surface area contributed by atoms with Gasteiger partial charge in [-0.05, 0) is 19.1 Å². The summed E-state index contributed by atoms with van der Waals surface area (Å²) in [5.74, 6) is 1.48. The molecule has 3 aromatic rings. The third-order valence-corrected chi connectivity index (χ3v) is 4.71. The van der Waals surface area contributed by atoms with Gasteiger partial charge in [0.2, 0.25) is 11.8 Å². The maximum Gasteiger partial charge on any atom is 0.240 e. The highest BCUT2D eigenvalue weighted by molar-refractivity contribution is 7.22. The molecule has 8 heteroatoms. The standard InChI is InChI=1S/C15H15N5O2S/c1-9-16-14(22-19-9)10-6-20(7-10)8-13(21)18-15-17-11-4-2-3-5-12(11)23-15/h2-5,10H,6-8H2,1H3,(H,17,18,21). The summed E-state index contributed by atoms with van der Waals surface area (Å²) in [6, 6.07) is 7.83. The number of carbonyl (C=O) groups excluding carboxylic acids is 1. The summed E-state index contributed by atoms with van der Waals surface area (Å²) in [5, 5.41) is 7.30. The number of carbonyl (C=O) groups is 1. The van der Waals surface area contributed by atoms with Crippen LogP contribution in [0.5, 0.6) is 0 Å². The van der Waals surface area contributed by atoms with E-state index in [-0.39, 0.29) is 11.8 Å². The zero-order valence-corrected chi connectivity index (χ0v) is 13.3. The Morgan fingerprint density at radius 1 is 1.39 bits per heavy atom. The van der Waals surface area contributed by atoms with Gasteiger partial charge in [0.15, 0.2) is 11.0 Å². The molecule has 1 saturated heterocycles. The average Bonchev–Trinajstić information content (AvgIpc) is 3.07. The molecular formula is C15H15N5O2S. The van der Waals surface area contributed by atoms with Crippen LogP contribution >= 0.6 is 11.3 Å². The van der Waals surface area contributed by atoms with Crippen molar-refractivity contribution in [3.8, 4) is 0 Å². The number of likely N-dealkylation sites (tertiary alicyclic amines) is 1. The van der Waals surface area contributed by atoms with Crippen LogP contribution in [0.2, 0.25) is 0 Å². The molecule has 0 atom stereocenters. The third kappa shape index (κ3) is 2.95. The first-order valence-electron chi connectivity index (χ1n) is 7.35. The first-order valence-corrected chi connectivity index (χ1v) is 8.17. The lowest BCUT2D eigenvalue weighted by molar-refractivity contribution is -0.118. The average molecular weight is 329 g/mol. The van der Waals surface area contributed by atoms with Gasteiger partial charge in [0.25, 0.3) is 0 Å². The van der Waals surface area contributed by atoms with Gasteiger partial charge >= 0.3 is 0 Å². The molecule has 0 radical (unpaired) electrons. The molecule has 1 aromatic carbocycles. The van der Waals surface area contributed by atoms with E-state index in [1.807, 2.05) is 29.2 Å². The zero-order valence-electron chi connectivity index (χ0n) is 12.5. The molecule has 2 aromatic heterocycles. The molecule has 1 N–H and O–H groups in total. The van der Waals surface area contributed by atoms with Crippen molar-refractivity contribution >= 4 is 32.6 Å². The largest absolute Gasteiger partial charge is 0.339 e. The molecular weight excluding hydrogens is 314 g/mol. The Morgan fingerprint density at radius 2 is 2.22 bits per heavy atom. The number of nitrogens with one attached hydrogen (secondary N) is 1. The van der Waals surface area contributed by atoms with Crippen LogP contribution in [0.1, 0.15) is 17.6 Å². The second kappa shape index (κ2) is 5.71. The molecule has 1 aliphatic heterocycles. The van der Waals surface area contributed by atoms with E-state index in [9.17, 15) is 4.79 Å². The highest BCUT2D eigenvalue weighted by Gasteiger charge is 2.33. The van der Waals surface area contributed by atoms with Crippen LogP contribution in [0.15, 0.2) is 28.8 Å². The molecule has 0 spiro atoms. The lowest BCUT2D eigenvalue weighted by Crippen LogP contribution is -2.48. The van der Waals surface area contributed by atoms with Crippen LogP contribution in [0.4, 0.5) is 5.13 Å². The number of rotatable bonds is 4. The van der Waals surface area contributed by atoms with Gasteiger partial charge in [-0.1, -0.05) is 28.6 Å². The van der Waals surface area contributed by atoms with E-state index >= 15 is 0 Å². The molecule has 0 saturated carbocycles. The molecule has 0 unspecified atom stereocenters. The van der Waals surface area contributed by atoms with Crippen LogP contribution in [-0.2, 0) is 4.79 Å². The molecule has 1 amide bonds. The van der Waals surface area contributed by atoms with Crippen LogP contribution in [0.3, 0.4) is 0 Å². The van der Waals surface area contributed by atoms with Crippen molar-refractivity contribution in [2.75, 3.05) is 25.0 Å². The third-order valence-electron chi connectivity index (χ3n) is 3.76. The van der Waals surface area contributed by atoms with Crippen molar-refractivity contribution in [1.29, 1.82) is 0 Å². The van der Waals surface area contributed by atoms with Gasteiger partial charge in [-0.25, -0.2) is 4.98 Å². The normalized spacial score (nSPS) is 15.7. The number of anilines is 1. The van der Waals surface area contributed by atoms with Crippen molar-refractivity contribution in [2.45, 2.75) is 12.8 Å². The Labute approximate surface area is 136 Å². The summed E-state index contributed by atoms with van der Waals surface area (Å²) in [6.45, 7) is 3.66. The molecule has 1 aliphatic rings. The van der Waals surface area contributed by atoms with Gasteiger partial charge in [-0.3, -0.25) is 9.69 Å². The van der Waals surface area contributed by atoms with Crippen molar-refractivity contribution < 1.29 is 9.32 Å². The number of benzene rings is 1. The quantitative estimate of drug-likeness (QED) is 0.788. The van der Waals surface area contributed by atoms with E-state index in [1.54, 1.807) is 6.92 Å². The van der Waals surface area contributed by atoms with Crippen LogP contribution in [0.25, 0.3) is 10.2 Å². The minimum absolute atomic E-state index is 0.0517. The fourth-order valence-corrected chi connectivity index (χ4v) is 3.50. The highest BCUT2D eigenvalue weighted by atomic mass is 32.1. The summed E-state index contributed by atoms with van der Waals surface area (Å²) in [5.41, 5.74) is 0.906. The maximum absolute atomic E-state index is 12.1. The number of aromatic nitrogens is 3. The minimum Gasteiger partial charge on any atom is -0.339 e. The van der Waals surface area contributed by atoms with E-state index in [0.717, 1.165) is 23.3 Å². The van der Waals surface area contributed by atoms with Crippen LogP contribution in [-0.4, -0.2) is 45.6 Å². The lowest BCUT2D eigenvalue weighted by Gasteiger charge is -2.36. The Kier molecular flexibility index (Phi) is 3.55. The van der Waals surface area contributed by atoms with E-state index in [4.69, 9.17) is 4.52 Å². The molecule has 3 heterocycles. The number of hydrogen-bond donors (Lipinski definition) is 1. The maximum atomic E-state index is 12.1. The number of thiazole rings is 1. The molecule has 0 bridgehead atoms. The predicted molar refractivity (Wildman–Crippen MR) is 86.5 cm³/mol. The minimum atomic E-state index is -0.0517. The zero-order chi connectivity index (χ0) is 15.8. The molecule has 0 aliphatic carbocycles. The highest BCUT2D eigenvalue weighted by Crippen LogP contribution is 2.27. The number of fused-ring (bicyclic) bond motifs is 1. The van der Waals surface area contributed by atoms with Gasteiger partial charge in [0.05, 0.1) is 22.7 Å². The Bertz CT molecular complexity index is 819. The van der Waals surface area contributed by atoms with Crippen molar-refractivity contribution in [3.05, 3.63) is 36.0 Å². The molecule has 1 fully saturated rings. The summed E-state index contributed by atoms with van der Waals surface area (Å²) >= 11 is 1.48. The molecule has 23 heavy (non-hydrogen) atoms. The Morgan fingerprint density at radius 3 is 2.96 bits per heavy atom. The topological polar surface area (TPSA) is 84.2 Å². The summed E-state index contributed by atoms with van der Waals surface area (Å²) in [6.07, 6.45) is 0. The SMILES string of the molecule is Cc1noc(C2CN(CC(=O)Nc3nc4ccccc4s3)C2)n1. The van der Waals surface area contributed by atoms with E-state index in [2.05, 4.69) is 20.4 Å². The van der Waals surface area contributed by atoms with Crippen molar-refractivity contribution in [3.63, 3.8) is 0 Å². The predicted octanol–water partition coefficient (Wildman–Crippen LogP) is 2.03. The number of para-hydroxylation sites is 1. The fourth-order valence-electron chi connectivity index (χ4n) is 2.62. The summed E-state index contributed by atoms with van der Waals surface area (Å²) < 4.78 is 6.22. The van der Waals surface area contributed by atoms with Crippen LogP contribution < -0.4 is 5.32 Å². The van der Waals surface area contributed by atoms with Gasteiger partial charge in [-0.2, -0.15) is 4.98 Å². The molecule has 4 rings (SSSR count). The number of nitrogens with zero attached hydrogens (tertiary/aromatic N) is 4. The van der Waals surface area contributed by atoms with Gasteiger partial charge < -0.3 is 9.84 Å².